The number of methoxy groups -OCH3 is 1. The van der Waals surface area contributed by atoms with E-state index in [1.54, 1.807) is 31.2 Å². The van der Waals surface area contributed by atoms with Crippen molar-refractivity contribution >= 4 is 23.3 Å². The highest BCUT2D eigenvalue weighted by Gasteiger charge is 2.13. The summed E-state index contributed by atoms with van der Waals surface area (Å²) in [5.74, 6) is 0.00786. The third-order valence-corrected chi connectivity index (χ3v) is 3.64. The molecule has 0 unspecified atom stereocenters. The molecular formula is C19H22N2O4. The minimum atomic E-state index is -0.406. The second-order valence-electron chi connectivity index (χ2n) is 5.30. The Bertz CT molecular complexity index is 759. The fraction of sp³-hybridized carbons (Fsp3) is 0.263. The molecule has 2 rings (SSSR count). The summed E-state index contributed by atoms with van der Waals surface area (Å²) in [6.45, 7) is 4.27. The lowest BCUT2D eigenvalue weighted by Crippen LogP contribution is -2.22. The SMILES string of the molecule is CCOc1ccccc1NC(=O)CNc1cccc(C(=O)OC)c1C. The standard InChI is InChI=1S/C19H22N2O4/c1-4-25-17-11-6-5-9-16(17)21-18(22)12-20-15-10-7-8-14(13(15)2)19(23)24-3/h5-11,20H,4,12H2,1-3H3,(H,21,22). The lowest BCUT2D eigenvalue weighted by Gasteiger charge is -2.14. The van der Waals surface area contributed by atoms with Gasteiger partial charge in [0.15, 0.2) is 0 Å². The Morgan fingerprint density at radius 3 is 2.48 bits per heavy atom. The van der Waals surface area contributed by atoms with Crippen LogP contribution in [0.1, 0.15) is 22.8 Å². The zero-order chi connectivity index (χ0) is 18.2. The van der Waals surface area contributed by atoms with Gasteiger partial charge in [-0.3, -0.25) is 4.79 Å². The monoisotopic (exact) mass is 342 g/mol. The van der Waals surface area contributed by atoms with Gasteiger partial charge in [-0.15, -0.1) is 0 Å². The quantitative estimate of drug-likeness (QED) is 0.756. The molecule has 2 N–H and O–H groups in total. The van der Waals surface area contributed by atoms with E-state index in [0.29, 0.717) is 29.3 Å². The average molecular weight is 342 g/mol. The van der Waals surface area contributed by atoms with Gasteiger partial charge in [0, 0.05) is 5.69 Å². The molecule has 0 atom stereocenters. The molecular weight excluding hydrogens is 320 g/mol. The summed E-state index contributed by atoms with van der Waals surface area (Å²) >= 11 is 0. The second-order valence-corrected chi connectivity index (χ2v) is 5.30. The number of hydrogen-bond acceptors (Lipinski definition) is 5. The van der Waals surface area contributed by atoms with Crippen molar-refractivity contribution in [3.63, 3.8) is 0 Å². The third-order valence-electron chi connectivity index (χ3n) is 3.64. The Kier molecular flexibility index (Phi) is 6.39. The topological polar surface area (TPSA) is 76.7 Å². The van der Waals surface area contributed by atoms with E-state index in [9.17, 15) is 9.59 Å². The van der Waals surface area contributed by atoms with E-state index >= 15 is 0 Å². The molecule has 132 valence electrons. The highest BCUT2D eigenvalue weighted by atomic mass is 16.5. The van der Waals surface area contributed by atoms with Crippen molar-refractivity contribution in [3.05, 3.63) is 53.6 Å². The lowest BCUT2D eigenvalue weighted by molar-refractivity contribution is -0.114. The number of rotatable bonds is 7. The van der Waals surface area contributed by atoms with Crippen molar-refractivity contribution in [1.29, 1.82) is 0 Å². The Hall–Kier alpha value is -3.02. The van der Waals surface area contributed by atoms with E-state index in [0.717, 1.165) is 5.56 Å². The highest BCUT2D eigenvalue weighted by molar-refractivity contribution is 5.96. The van der Waals surface area contributed by atoms with Crippen molar-refractivity contribution < 1.29 is 19.1 Å². The molecule has 25 heavy (non-hydrogen) atoms. The highest BCUT2D eigenvalue weighted by Crippen LogP contribution is 2.24. The Morgan fingerprint density at radius 1 is 1.04 bits per heavy atom. The van der Waals surface area contributed by atoms with Gasteiger partial charge in [-0.05, 0) is 43.7 Å². The molecule has 0 saturated carbocycles. The van der Waals surface area contributed by atoms with Crippen LogP contribution in [-0.4, -0.2) is 32.1 Å². The summed E-state index contributed by atoms with van der Waals surface area (Å²) < 4.78 is 10.2. The van der Waals surface area contributed by atoms with E-state index in [2.05, 4.69) is 10.6 Å². The van der Waals surface area contributed by atoms with Gasteiger partial charge in [-0.1, -0.05) is 18.2 Å². The van der Waals surface area contributed by atoms with E-state index in [4.69, 9.17) is 9.47 Å². The molecule has 0 aromatic heterocycles. The molecule has 0 radical (unpaired) electrons. The number of anilines is 2. The van der Waals surface area contributed by atoms with Crippen molar-refractivity contribution in [3.8, 4) is 5.75 Å². The lowest BCUT2D eigenvalue weighted by atomic mass is 10.1. The molecule has 0 aliphatic heterocycles. The maximum atomic E-state index is 12.2. The van der Waals surface area contributed by atoms with Crippen molar-refractivity contribution in [1.82, 2.24) is 0 Å². The number of benzene rings is 2. The Morgan fingerprint density at radius 2 is 1.76 bits per heavy atom. The Labute approximate surface area is 147 Å². The van der Waals surface area contributed by atoms with Gasteiger partial charge in [-0.2, -0.15) is 0 Å². The summed E-state index contributed by atoms with van der Waals surface area (Å²) in [6.07, 6.45) is 0. The smallest absolute Gasteiger partial charge is 0.338 e. The zero-order valence-electron chi connectivity index (χ0n) is 14.6. The maximum absolute atomic E-state index is 12.2. The van der Waals surface area contributed by atoms with Gasteiger partial charge in [0.2, 0.25) is 5.91 Å². The number of esters is 1. The fourth-order valence-electron chi connectivity index (χ4n) is 2.38. The summed E-state index contributed by atoms with van der Waals surface area (Å²) in [7, 11) is 1.34. The average Bonchev–Trinajstić information content (AvgIpc) is 2.62. The first-order valence-corrected chi connectivity index (χ1v) is 8.00. The number of hydrogen-bond donors (Lipinski definition) is 2. The van der Waals surface area contributed by atoms with Gasteiger partial charge in [0.1, 0.15) is 5.75 Å². The summed E-state index contributed by atoms with van der Waals surface area (Å²) in [5, 5.41) is 5.86. The van der Waals surface area contributed by atoms with Gasteiger partial charge < -0.3 is 20.1 Å². The molecule has 2 aromatic rings. The first-order valence-electron chi connectivity index (χ1n) is 8.00. The van der Waals surface area contributed by atoms with Gasteiger partial charge >= 0.3 is 5.97 Å². The van der Waals surface area contributed by atoms with E-state index in [1.807, 2.05) is 25.1 Å². The molecule has 6 nitrogen and oxygen atoms in total. The molecule has 0 saturated heterocycles. The van der Waals surface area contributed by atoms with Gasteiger partial charge in [0.05, 0.1) is 31.5 Å². The van der Waals surface area contributed by atoms with E-state index in [-0.39, 0.29) is 12.5 Å². The van der Waals surface area contributed by atoms with E-state index in [1.165, 1.54) is 7.11 Å². The molecule has 0 fully saturated rings. The maximum Gasteiger partial charge on any atom is 0.338 e. The van der Waals surface area contributed by atoms with Crippen LogP contribution in [0.25, 0.3) is 0 Å². The summed E-state index contributed by atoms with van der Waals surface area (Å²) in [6, 6.07) is 12.5. The van der Waals surface area contributed by atoms with Gasteiger partial charge in [0.25, 0.3) is 0 Å². The molecule has 0 spiro atoms. The molecule has 0 aliphatic carbocycles. The predicted molar refractivity (Wildman–Crippen MR) is 97.2 cm³/mol. The predicted octanol–water partition coefficient (Wildman–Crippen LogP) is 3.23. The minimum Gasteiger partial charge on any atom is -0.492 e. The fourth-order valence-corrected chi connectivity index (χ4v) is 2.38. The molecule has 6 heteroatoms. The van der Waals surface area contributed by atoms with Crippen LogP contribution in [0.15, 0.2) is 42.5 Å². The minimum absolute atomic E-state index is 0.0614. The van der Waals surface area contributed by atoms with Crippen LogP contribution < -0.4 is 15.4 Å². The number of para-hydroxylation sites is 2. The molecule has 0 aliphatic rings. The zero-order valence-corrected chi connectivity index (χ0v) is 14.6. The normalized spacial score (nSPS) is 10.0. The van der Waals surface area contributed by atoms with Crippen LogP contribution in [0.2, 0.25) is 0 Å². The molecule has 0 heterocycles. The largest absolute Gasteiger partial charge is 0.492 e. The Balaban J connectivity index is 2.02. The van der Waals surface area contributed by atoms with E-state index < -0.39 is 5.97 Å². The van der Waals surface area contributed by atoms with Gasteiger partial charge in [-0.25, -0.2) is 4.79 Å². The van der Waals surface area contributed by atoms with Crippen molar-refractivity contribution in [2.75, 3.05) is 30.9 Å². The molecule has 0 bridgehead atoms. The van der Waals surface area contributed by atoms with Crippen LogP contribution in [0, 0.1) is 6.92 Å². The number of carbonyl (C=O) groups excluding carboxylic acids is 2. The second kappa shape index (κ2) is 8.73. The van der Waals surface area contributed by atoms with Crippen LogP contribution >= 0.6 is 0 Å². The number of nitrogens with one attached hydrogen (secondary N) is 2. The first kappa shape index (κ1) is 18.3. The van der Waals surface area contributed by atoms with Crippen molar-refractivity contribution in [2.24, 2.45) is 0 Å². The first-order chi connectivity index (χ1) is 12.1. The van der Waals surface area contributed by atoms with Crippen LogP contribution in [0.5, 0.6) is 5.75 Å². The number of carbonyl (C=O) groups is 2. The number of amides is 1. The molecule has 2 aromatic carbocycles. The van der Waals surface area contributed by atoms with Crippen LogP contribution in [-0.2, 0) is 9.53 Å². The van der Waals surface area contributed by atoms with Crippen LogP contribution in [0.4, 0.5) is 11.4 Å². The molecule has 1 amide bonds. The third kappa shape index (κ3) is 4.73. The van der Waals surface area contributed by atoms with Crippen LogP contribution in [0.3, 0.4) is 0 Å². The number of ether oxygens (including phenoxy) is 2. The summed E-state index contributed by atoms with van der Waals surface area (Å²) in [4.78, 5) is 23.9. The van der Waals surface area contributed by atoms with Crippen molar-refractivity contribution in [2.45, 2.75) is 13.8 Å². The summed E-state index contributed by atoms with van der Waals surface area (Å²) in [5.41, 5.74) is 2.53.